The molecule has 0 radical (unpaired) electrons. The maximum Gasteiger partial charge on any atom is 0.269 e. The van der Waals surface area contributed by atoms with Gasteiger partial charge in [0, 0.05) is 22.6 Å². The van der Waals surface area contributed by atoms with Crippen LogP contribution in [0.2, 0.25) is 0 Å². The average Bonchev–Trinajstić information content (AvgIpc) is 3.15. The third-order valence-corrected chi connectivity index (χ3v) is 6.50. The molecule has 1 aliphatic rings. The van der Waals surface area contributed by atoms with E-state index in [2.05, 4.69) is 10.9 Å². The Kier molecular flexibility index (Phi) is 5.25. The fraction of sp³-hybridized carbons (Fsp3) is 0.176. The summed E-state index contributed by atoms with van der Waals surface area (Å²) >= 11 is 3.85. The summed E-state index contributed by atoms with van der Waals surface area (Å²) in [5.74, 6) is 1.67. The van der Waals surface area contributed by atoms with E-state index in [-0.39, 0.29) is 11.8 Å². The van der Waals surface area contributed by atoms with Gasteiger partial charge >= 0.3 is 0 Å². The molecule has 0 aliphatic carbocycles. The second kappa shape index (κ2) is 7.57. The van der Waals surface area contributed by atoms with Crippen LogP contribution >= 0.6 is 23.5 Å². The van der Waals surface area contributed by atoms with Crippen LogP contribution in [0.1, 0.15) is 30.9 Å². The van der Waals surface area contributed by atoms with E-state index < -0.39 is 0 Å². The Hall–Kier alpha value is -1.92. The Labute approximate surface area is 143 Å². The van der Waals surface area contributed by atoms with Gasteiger partial charge in [-0.2, -0.15) is 0 Å². The van der Waals surface area contributed by atoms with Gasteiger partial charge in [-0.1, -0.05) is 30.3 Å². The molecule has 0 atom stereocenters. The van der Waals surface area contributed by atoms with E-state index in [1.165, 1.54) is 17.1 Å². The first-order valence-corrected chi connectivity index (χ1v) is 9.33. The van der Waals surface area contributed by atoms with Crippen molar-refractivity contribution in [1.82, 2.24) is 10.9 Å². The Balaban J connectivity index is 1.56. The van der Waals surface area contributed by atoms with Crippen molar-refractivity contribution in [1.29, 1.82) is 0 Å². The predicted molar refractivity (Wildman–Crippen MR) is 95.5 cm³/mol. The number of hydrazine groups is 1. The topological polar surface area (TPSA) is 58.2 Å². The summed E-state index contributed by atoms with van der Waals surface area (Å²) in [5, 5.41) is 0. The molecule has 3 rings (SSSR count). The van der Waals surface area contributed by atoms with Gasteiger partial charge in [0.05, 0.1) is 4.58 Å². The molecule has 2 amide bonds. The van der Waals surface area contributed by atoms with Crippen molar-refractivity contribution < 1.29 is 9.59 Å². The Morgan fingerprint density at radius 3 is 1.87 bits per heavy atom. The van der Waals surface area contributed by atoms with Crippen molar-refractivity contribution >= 4 is 35.3 Å². The smallest absolute Gasteiger partial charge is 0.267 e. The minimum atomic E-state index is -0.339. The molecule has 4 nitrogen and oxygen atoms in total. The molecule has 0 spiro atoms. The summed E-state index contributed by atoms with van der Waals surface area (Å²) < 4.78 is 0.463. The number of benzene rings is 2. The van der Waals surface area contributed by atoms with Crippen molar-refractivity contribution in [3.8, 4) is 0 Å². The summed E-state index contributed by atoms with van der Waals surface area (Å²) in [5.41, 5.74) is 7.10. The molecule has 0 bridgehead atoms. The molecule has 118 valence electrons. The third kappa shape index (κ3) is 4.09. The molecule has 6 heteroatoms. The first kappa shape index (κ1) is 16.0. The van der Waals surface area contributed by atoms with E-state index in [1.54, 1.807) is 36.4 Å². The summed E-state index contributed by atoms with van der Waals surface area (Å²) in [4.78, 5) is 24.0. The van der Waals surface area contributed by atoms with Crippen LogP contribution in [0, 0.1) is 0 Å². The van der Waals surface area contributed by atoms with Crippen LogP contribution in [0.5, 0.6) is 0 Å². The van der Waals surface area contributed by atoms with Gasteiger partial charge in [-0.3, -0.25) is 20.4 Å². The number of rotatable bonds is 3. The number of carbonyl (C=O) groups excluding carboxylic acids is 2. The van der Waals surface area contributed by atoms with Gasteiger partial charge in [0.15, 0.2) is 0 Å². The minimum Gasteiger partial charge on any atom is -0.267 e. The van der Waals surface area contributed by atoms with Crippen LogP contribution in [0.4, 0.5) is 0 Å². The quantitative estimate of drug-likeness (QED) is 0.839. The number of hydrogen-bond donors (Lipinski definition) is 2. The highest BCUT2D eigenvalue weighted by atomic mass is 32.2. The number of amides is 2. The van der Waals surface area contributed by atoms with Crippen LogP contribution in [0.15, 0.2) is 54.6 Å². The van der Waals surface area contributed by atoms with Gasteiger partial charge in [-0.15, -0.1) is 23.5 Å². The van der Waals surface area contributed by atoms with E-state index >= 15 is 0 Å². The molecule has 0 saturated carbocycles. The maximum atomic E-state index is 12.1. The van der Waals surface area contributed by atoms with Crippen LogP contribution < -0.4 is 10.9 Å². The zero-order valence-corrected chi connectivity index (χ0v) is 14.0. The molecule has 2 aromatic carbocycles. The summed E-state index contributed by atoms with van der Waals surface area (Å²) in [6.45, 7) is 0. The van der Waals surface area contributed by atoms with Gasteiger partial charge in [-0.05, 0) is 29.8 Å². The van der Waals surface area contributed by atoms with Gasteiger partial charge in [-0.25, -0.2) is 0 Å². The van der Waals surface area contributed by atoms with Gasteiger partial charge in [0.25, 0.3) is 11.8 Å². The molecule has 0 aromatic heterocycles. The van der Waals surface area contributed by atoms with Crippen LogP contribution in [-0.2, 0) is 0 Å². The molecule has 1 heterocycles. The highest BCUT2D eigenvalue weighted by Gasteiger charge is 2.18. The van der Waals surface area contributed by atoms with Crippen LogP contribution in [0.25, 0.3) is 0 Å². The van der Waals surface area contributed by atoms with Crippen molar-refractivity contribution in [2.45, 2.75) is 4.58 Å². The van der Waals surface area contributed by atoms with E-state index in [0.717, 1.165) is 0 Å². The largest absolute Gasteiger partial charge is 0.269 e. The molecular weight excluding hydrogens is 328 g/mol. The summed E-state index contributed by atoms with van der Waals surface area (Å²) in [6, 6.07) is 16.3. The fourth-order valence-corrected chi connectivity index (χ4v) is 5.05. The lowest BCUT2D eigenvalue weighted by atomic mass is 10.1. The second-order valence-corrected chi connectivity index (χ2v) is 7.69. The van der Waals surface area contributed by atoms with Gasteiger partial charge in [0.1, 0.15) is 0 Å². The van der Waals surface area contributed by atoms with E-state index in [9.17, 15) is 9.59 Å². The van der Waals surface area contributed by atoms with Crippen molar-refractivity contribution in [3.63, 3.8) is 0 Å². The molecule has 1 fully saturated rings. The summed E-state index contributed by atoms with van der Waals surface area (Å²) in [6.07, 6.45) is 0. The van der Waals surface area contributed by atoms with Gasteiger partial charge in [0.2, 0.25) is 0 Å². The highest BCUT2D eigenvalue weighted by Crippen LogP contribution is 2.45. The zero-order valence-electron chi connectivity index (χ0n) is 12.3. The SMILES string of the molecule is O=C(NNC(=O)c1ccc(C2SCCS2)cc1)c1ccccc1. The van der Waals surface area contributed by atoms with E-state index in [1.807, 2.05) is 41.7 Å². The lowest BCUT2D eigenvalue weighted by molar-refractivity contribution is 0.0846. The minimum absolute atomic E-state index is 0.326. The second-order valence-electron chi connectivity index (χ2n) is 4.97. The fourth-order valence-electron chi connectivity index (χ4n) is 2.19. The monoisotopic (exact) mass is 344 g/mol. The van der Waals surface area contributed by atoms with Crippen LogP contribution in [0.3, 0.4) is 0 Å². The van der Waals surface area contributed by atoms with E-state index in [0.29, 0.717) is 15.7 Å². The Morgan fingerprint density at radius 2 is 1.30 bits per heavy atom. The summed E-state index contributed by atoms with van der Waals surface area (Å²) in [7, 11) is 0. The number of thioether (sulfide) groups is 2. The van der Waals surface area contributed by atoms with Gasteiger partial charge < -0.3 is 0 Å². The van der Waals surface area contributed by atoms with Crippen molar-refractivity contribution in [2.24, 2.45) is 0 Å². The molecular formula is C17H16N2O2S2. The molecule has 23 heavy (non-hydrogen) atoms. The third-order valence-electron chi connectivity index (χ3n) is 3.39. The molecule has 1 saturated heterocycles. The zero-order chi connectivity index (χ0) is 16.1. The molecule has 1 aliphatic heterocycles. The molecule has 0 unspecified atom stereocenters. The van der Waals surface area contributed by atoms with Crippen molar-refractivity contribution in [2.75, 3.05) is 11.5 Å². The number of nitrogens with one attached hydrogen (secondary N) is 2. The standard InChI is InChI=1S/C17H16N2O2S2/c20-15(12-4-2-1-3-5-12)18-19-16(21)13-6-8-14(9-7-13)17-22-10-11-23-17/h1-9,17H,10-11H2,(H,18,20)(H,19,21). The Bertz CT molecular complexity index is 683. The number of carbonyl (C=O) groups is 2. The van der Waals surface area contributed by atoms with Crippen molar-refractivity contribution in [3.05, 3.63) is 71.3 Å². The highest BCUT2D eigenvalue weighted by molar-refractivity contribution is 8.19. The first-order chi connectivity index (χ1) is 11.2. The predicted octanol–water partition coefficient (Wildman–Crippen LogP) is 3.24. The van der Waals surface area contributed by atoms with E-state index in [4.69, 9.17) is 0 Å². The number of hydrogen-bond acceptors (Lipinski definition) is 4. The lowest BCUT2D eigenvalue weighted by Crippen LogP contribution is -2.41. The first-order valence-electron chi connectivity index (χ1n) is 7.23. The maximum absolute atomic E-state index is 12.1. The molecule has 2 aromatic rings. The average molecular weight is 344 g/mol. The van der Waals surface area contributed by atoms with Crippen LogP contribution in [-0.4, -0.2) is 23.3 Å². The normalized spacial score (nSPS) is 14.4. The molecule has 2 N–H and O–H groups in total. The lowest BCUT2D eigenvalue weighted by Gasteiger charge is -2.10. The Morgan fingerprint density at radius 1 is 0.783 bits per heavy atom.